The summed E-state index contributed by atoms with van der Waals surface area (Å²) in [7, 11) is 0. The van der Waals surface area contributed by atoms with Crippen LogP contribution in [-0.4, -0.2) is 11.9 Å². The molecule has 0 spiro atoms. The van der Waals surface area contributed by atoms with Gasteiger partial charge in [-0.05, 0) is 49.8 Å². The Kier molecular flexibility index (Phi) is 8.23. The van der Waals surface area contributed by atoms with Crippen molar-refractivity contribution >= 4 is 29.9 Å². The molecule has 3 N–H and O–H groups in total. The van der Waals surface area contributed by atoms with Crippen molar-refractivity contribution in [1.29, 1.82) is 0 Å². The smallest absolute Gasteiger partial charge is 0.220 e. The molecule has 0 radical (unpaired) electrons. The highest BCUT2D eigenvalue weighted by atomic mass is 35.5. The largest absolute Gasteiger partial charge is 0.349 e. The number of nitrogens with two attached hydrogens (primary N) is 1. The van der Waals surface area contributed by atoms with Gasteiger partial charge in [0, 0.05) is 17.5 Å². The van der Waals surface area contributed by atoms with Crippen LogP contribution in [0.15, 0.2) is 24.3 Å². The molecule has 0 bridgehead atoms. The Bertz CT molecular complexity index is 456. The van der Waals surface area contributed by atoms with E-state index >= 15 is 0 Å². The number of hydrogen-bond acceptors (Lipinski definition) is 2. The van der Waals surface area contributed by atoms with Crippen molar-refractivity contribution in [3.8, 4) is 0 Å². The number of carbonyl (C=O) groups excluding carboxylic acids is 1. The van der Waals surface area contributed by atoms with Crippen LogP contribution in [0, 0.1) is 5.92 Å². The molecule has 22 heavy (non-hydrogen) atoms. The lowest BCUT2D eigenvalue weighted by molar-refractivity contribution is -0.122. The SMILES string of the molecule is CC(N)CCC(=O)NC(c1ccc(Cl)cc1)C1CCCC1.Cl. The van der Waals surface area contributed by atoms with Crippen LogP contribution in [0.1, 0.15) is 57.1 Å². The van der Waals surface area contributed by atoms with E-state index in [1.54, 1.807) is 0 Å². The minimum absolute atomic E-state index is 0. The minimum atomic E-state index is 0. The van der Waals surface area contributed by atoms with Crippen LogP contribution in [0.2, 0.25) is 5.02 Å². The summed E-state index contributed by atoms with van der Waals surface area (Å²) in [5.74, 6) is 0.629. The third-order valence-electron chi connectivity index (χ3n) is 4.24. The molecule has 124 valence electrons. The second kappa shape index (κ2) is 9.39. The molecule has 2 rings (SSSR count). The molecule has 0 aromatic heterocycles. The molecule has 0 saturated heterocycles. The van der Waals surface area contributed by atoms with Gasteiger partial charge in [0.1, 0.15) is 0 Å². The van der Waals surface area contributed by atoms with Crippen molar-refractivity contribution in [2.24, 2.45) is 11.7 Å². The van der Waals surface area contributed by atoms with Crippen molar-refractivity contribution in [2.75, 3.05) is 0 Å². The Labute approximate surface area is 144 Å². The van der Waals surface area contributed by atoms with Crippen LogP contribution in [0.5, 0.6) is 0 Å². The second-order valence-corrected chi connectivity index (χ2v) is 6.59. The lowest BCUT2D eigenvalue weighted by Crippen LogP contribution is -2.33. The zero-order valence-electron chi connectivity index (χ0n) is 13.1. The van der Waals surface area contributed by atoms with Gasteiger partial charge in [0.25, 0.3) is 0 Å². The summed E-state index contributed by atoms with van der Waals surface area (Å²) in [5.41, 5.74) is 6.88. The van der Waals surface area contributed by atoms with Gasteiger partial charge in [0.15, 0.2) is 0 Å². The molecule has 1 aromatic carbocycles. The van der Waals surface area contributed by atoms with E-state index in [-0.39, 0.29) is 30.4 Å². The number of benzene rings is 1. The fraction of sp³-hybridized carbons (Fsp3) is 0.588. The summed E-state index contributed by atoms with van der Waals surface area (Å²) >= 11 is 5.97. The van der Waals surface area contributed by atoms with E-state index in [2.05, 4.69) is 5.32 Å². The van der Waals surface area contributed by atoms with E-state index in [0.717, 1.165) is 17.0 Å². The fourth-order valence-corrected chi connectivity index (χ4v) is 3.16. The molecule has 2 unspecified atom stereocenters. The molecule has 1 aliphatic rings. The first-order valence-electron chi connectivity index (χ1n) is 7.86. The first-order chi connectivity index (χ1) is 10.1. The van der Waals surface area contributed by atoms with Gasteiger partial charge in [-0.3, -0.25) is 4.79 Å². The molecule has 2 atom stereocenters. The molecule has 1 saturated carbocycles. The van der Waals surface area contributed by atoms with Gasteiger partial charge in [-0.2, -0.15) is 0 Å². The van der Waals surface area contributed by atoms with Gasteiger partial charge < -0.3 is 11.1 Å². The molecule has 1 aromatic rings. The summed E-state index contributed by atoms with van der Waals surface area (Å²) < 4.78 is 0. The standard InChI is InChI=1S/C17H25ClN2O.ClH/c1-12(19)6-11-16(21)20-17(13-4-2-3-5-13)14-7-9-15(18)10-8-14;/h7-10,12-13,17H,2-6,11,19H2,1H3,(H,20,21);1H. The molecule has 0 heterocycles. The molecular formula is C17H26Cl2N2O. The van der Waals surface area contributed by atoms with Crippen LogP contribution in [0.25, 0.3) is 0 Å². The van der Waals surface area contributed by atoms with Crippen LogP contribution < -0.4 is 11.1 Å². The predicted octanol–water partition coefficient (Wildman–Crippen LogP) is 4.24. The predicted molar refractivity (Wildman–Crippen MR) is 94.4 cm³/mol. The van der Waals surface area contributed by atoms with Gasteiger partial charge in [-0.15, -0.1) is 12.4 Å². The van der Waals surface area contributed by atoms with Crippen molar-refractivity contribution in [3.63, 3.8) is 0 Å². The van der Waals surface area contributed by atoms with Crippen LogP contribution >= 0.6 is 24.0 Å². The Morgan fingerprint density at radius 1 is 1.32 bits per heavy atom. The third kappa shape index (κ3) is 5.79. The van der Waals surface area contributed by atoms with Crippen LogP contribution in [0.4, 0.5) is 0 Å². The first-order valence-corrected chi connectivity index (χ1v) is 8.24. The maximum Gasteiger partial charge on any atom is 0.220 e. The number of amides is 1. The summed E-state index contributed by atoms with van der Waals surface area (Å²) in [5, 5.41) is 3.94. The van der Waals surface area contributed by atoms with E-state index in [4.69, 9.17) is 17.3 Å². The quantitative estimate of drug-likeness (QED) is 0.810. The highest BCUT2D eigenvalue weighted by Gasteiger charge is 2.27. The summed E-state index contributed by atoms with van der Waals surface area (Å²) in [6, 6.07) is 8.01. The van der Waals surface area contributed by atoms with E-state index in [0.29, 0.717) is 12.3 Å². The normalized spacial score (nSPS) is 17.6. The van der Waals surface area contributed by atoms with Crippen molar-refractivity contribution < 1.29 is 4.79 Å². The Morgan fingerprint density at radius 3 is 2.45 bits per heavy atom. The Morgan fingerprint density at radius 2 is 1.91 bits per heavy atom. The molecule has 3 nitrogen and oxygen atoms in total. The maximum absolute atomic E-state index is 12.2. The van der Waals surface area contributed by atoms with E-state index in [1.165, 1.54) is 25.7 Å². The van der Waals surface area contributed by atoms with Gasteiger partial charge >= 0.3 is 0 Å². The van der Waals surface area contributed by atoms with Crippen LogP contribution in [0.3, 0.4) is 0 Å². The zero-order valence-corrected chi connectivity index (χ0v) is 14.6. The highest BCUT2D eigenvalue weighted by Crippen LogP contribution is 2.36. The second-order valence-electron chi connectivity index (χ2n) is 6.16. The number of hydrogen-bond donors (Lipinski definition) is 2. The van der Waals surface area contributed by atoms with Gasteiger partial charge in [-0.1, -0.05) is 36.6 Å². The Balaban J connectivity index is 0.00000242. The van der Waals surface area contributed by atoms with Crippen molar-refractivity contribution in [3.05, 3.63) is 34.9 Å². The van der Waals surface area contributed by atoms with Gasteiger partial charge in [-0.25, -0.2) is 0 Å². The number of halogens is 2. The lowest BCUT2D eigenvalue weighted by Gasteiger charge is -2.25. The summed E-state index contributed by atoms with van der Waals surface area (Å²) in [6.07, 6.45) is 6.09. The fourth-order valence-electron chi connectivity index (χ4n) is 3.04. The summed E-state index contributed by atoms with van der Waals surface area (Å²) in [6.45, 7) is 1.93. The maximum atomic E-state index is 12.2. The van der Waals surface area contributed by atoms with Crippen molar-refractivity contribution in [2.45, 2.75) is 57.5 Å². The molecule has 0 aliphatic heterocycles. The zero-order chi connectivity index (χ0) is 15.2. The first kappa shape index (κ1) is 19.3. The molecule has 5 heteroatoms. The van der Waals surface area contributed by atoms with Gasteiger partial charge in [0.05, 0.1) is 6.04 Å². The molecule has 1 amide bonds. The van der Waals surface area contributed by atoms with Crippen LogP contribution in [-0.2, 0) is 4.79 Å². The third-order valence-corrected chi connectivity index (χ3v) is 4.50. The monoisotopic (exact) mass is 344 g/mol. The van der Waals surface area contributed by atoms with E-state index in [1.807, 2.05) is 31.2 Å². The number of carbonyl (C=O) groups is 1. The average Bonchev–Trinajstić information content (AvgIpc) is 2.97. The highest BCUT2D eigenvalue weighted by molar-refractivity contribution is 6.30. The molecule has 1 aliphatic carbocycles. The average molecular weight is 345 g/mol. The van der Waals surface area contributed by atoms with Crippen molar-refractivity contribution in [1.82, 2.24) is 5.32 Å². The number of rotatable bonds is 6. The Hall–Kier alpha value is -0.770. The van der Waals surface area contributed by atoms with E-state index < -0.39 is 0 Å². The molecule has 1 fully saturated rings. The topological polar surface area (TPSA) is 55.1 Å². The molecular weight excluding hydrogens is 319 g/mol. The van der Waals surface area contributed by atoms with E-state index in [9.17, 15) is 4.79 Å². The summed E-state index contributed by atoms with van der Waals surface area (Å²) in [4.78, 5) is 12.2. The minimum Gasteiger partial charge on any atom is -0.349 e. The van der Waals surface area contributed by atoms with Gasteiger partial charge in [0.2, 0.25) is 5.91 Å². The number of nitrogens with one attached hydrogen (secondary N) is 1. The lowest BCUT2D eigenvalue weighted by atomic mass is 9.91.